The van der Waals surface area contributed by atoms with Gasteiger partial charge in [0.15, 0.2) is 0 Å². The predicted octanol–water partition coefficient (Wildman–Crippen LogP) is 1.56. The second-order valence-electron chi connectivity index (χ2n) is 4.95. The molecular weight excluding hydrogens is 288 g/mol. The van der Waals surface area contributed by atoms with Crippen LogP contribution < -0.4 is 10.0 Å². The van der Waals surface area contributed by atoms with E-state index in [1.807, 2.05) is 27.1 Å². The van der Waals surface area contributed by atoms with Crippen LogP contribution in [0.2, 0.25) is 0 Å². The van der Waals surface area contributed by atoms with Gasteiger partial charge in [-0.2, -0.15) is 5.10 Å². The van der Waals surface area contributed by atoms with Crippen molar-refractivity contribution in [3.63, 3.8) is 0 Å². The summed E-state index contributed by atoms with van der Waals surface area (Å²) in [5, 5.41) is 7.56. The van der Waals surface area contributed by atoms with Crippen LogP contribution in [0, 0.1) is 13.8 Å². The molecule has 0 spiro atoms. The van der Waals surface area contributed by atoms with Crippen LogP contribution >= 0.6 is 0 Å². The number of benzene rings is 1. The first-order valence-corrected chi connectivity index (χ1v) is 8.09. The molecule has 1 aromatic heterocycles. The van der Waals surface area contributed by atoms with E-state index in [2.05, 4.69) is 15.1 Å². The van der Waals surface area contributed by atoms with Crippen molar-refractivity contribution in [1.82, 2.24) is 14.5 Å². The summed E-state index contributed by atoms with van der Waals surface area (Å²) >= 11 is 0. The number of hydrogen-bond donors (Lipinski definition) is 2. The van der Waals surface area contributed by atoms with E-state index in [-0.39, 0.29) is 4.90 Å². The number of aryl methyl sites for hydroxylation is 3. The van der Waals surface area contributed by atoms with E-state index < -0.39 is 10.0 Å². The van der Waals surface area contributed by atoms with E-state index in [4.69, 9.17) is 0 Å². The molecule has 2 rings (SSSR count). The van der Waals surface area contributed by atoms with Gasteiger partial charge in [-0.1, -0.05) is 6.07 Å². The van der Waals surface area contributed by atoms with E-state index in [1.54, 1.807) is 22.9 Å². The molecule has 6 nitrogen and oxygen atoms in total. The minimum atomic E-state index is -3.43. The largest absolute Gasteiger partial charge is 0.381 e. The van der Waals surface area contributed by atoms with Crippen molar-refractivity contribution in [3.8, 4) is 0 Å². The predicted molar refractivity (Wildman–Crippen MR) is 82.7 cm³/mol. The lowest BCUT2D eigenvalue weighted by atomic mass is 10.2. The molecule has 0 amide bonds. The molecule has 21 heavy (non-hydrogen) atoms. The quantitative estimate of drug-likeness (QED) is 0.879. The van der Waals surface area contributed by atoms with Gasteiger partial charge in [0.2, 0.25) is 10.0 Å². The fourth-order valence-corrected chi connectivity index (χ4v) is 2.85. The van der Waals surface area contributed by atoms with Crippen LogP contribution in [0.25, 0.3) is 0 Å². The lowest BCUT2D eigenvalue weighted by molar-refractivity contribution is 0.588. The first-order valence-electron chi connectivity index (χ1n) is 6.60. The molecule has 0 fully saturated rings. The number of nitrogens with one attached hydrogen (secondary N) is 2. The van der Waals surface area contributed by atoms with Crippen LogP contribution in [0.1, 0.15) is 16.8 Å². The average Bonchev–Trinajstić information content (AvgIpc) is 2.76. The molecule has 0 aliphatic heterocycles. The molecule has 0 saturated heterocycles. The third-order valence-electron chi connectivity index (χ3n) is 3.37. The molecule has 0 saturated carbocycles. The summed E-state index contributed by atoms with van der Waals surface area (Å²) in [5.74, 6) is 0. The van der Waals surface area contributed by atoms with E-state index in [9.17, 15) is 8.42 Å². The van der Waals surface area contributed by atoms with E-state index in [0.717, 1.165) is 22.5 Å². The van der Waals surface area contributed by atoms with Crippen LogP contribution in [0.5, 0.6) is 0 Å². The summed E-state index contributed by atoms with van der Waals surface area (Å²) in [7, 11) is -0.150. The minimum Gasteiger partial charge on any atom is -0.381 e. The Morgan fingerprint density at radius 2 is 2.00 bits per heavy atom. The van der Waals surface area contributed by atoms with E-state index in [0.29, 0.717) is 6.54 Å². The normalized spacial score (nSPS) is 11.6. The third-order valence-corrected chi connectivity index (χ3v) is 4.78. The maximum atomic E-state index is 11.8. The first kappa shape index (κ1) is 15.5. The Kier molecular flexibility index (Phi) is 4.34. The second kappa shape index (κ2) is 5.87. The summed E-state index contributed by atoms with van der Waals surface area (Å²) in [4.78, 5) is 0.251. The van der Waals surface area contributed by atoms with Gasteiger partial charge in [0, 0.05) is 31.0 Å². The third kappa shape index (κ3) is 3.43. The van der Waals surface area contributed by atoms with Crippen molar-refractivity contribution in [2.24, 2.45) is 7.05 Å². The van der Waals surface area contributed by atoms with Gasteiger partial charge in [0.25, 0.3) is 0 Å². The number of aromatic nitrogens is 2. The van der Waals surface area contributed by atoms with Crippen molar-refractivity contribution in [2.75, 3.05) is 12.4 Å². The van der Waals surface area contributed by atoms with Crippen molar-refractivity contribution in [3.05, 3.63) is 41.2 Å². The van der Waals surface area contributed by atoms with Crippen molar-refractivity contribution >= 4 is 15.7 Å². The second-order valence-corrected chi connectivity index (χ2v) is 6.84. The fraction of sp³-hybridized carbons (Fsp3) is 0.357. The number of hydrogen-bond acceptors (Lipinski definition) is 4. The van der Waals surface area contributed by atoms with Crippen molar-refractivity contribution in [2.45, 2.75) is 25.3 Å². The van der Waals surface area contributed by atoms with Crippen molar-refractivity contribution in [1.29, 1.82) is 0 Å². The summed E-state index contributed by atoms with van der Waals surface area (Å²) < 4.78 is 27.8. The summed E-state index contributed by atoms with van der Waals surface area (Å²) in [5.41, 5.74) is 3.83. The van der Waals surface area contributed by atoms with Crippen LogP contribution in [-0.4, -0.2) is 25.2 Å². The zero-order valence-corrected chi connectivity index (χ0v) is 13.5. The Hall–Kier alpha value is -1.86. The van der Waals surface area contributed by atoms with Crippen LogP contribution in [0.15, 0.2) is 29.3 Å². The zero-order valence-electron chi connectivity index (χ0n) is 12.6. The molecule has 2 N–H and O–H groups in total. The fourth-order valence-electron chi connectivity index (χ4n) is 2.09. The van der Waals surface area contributed by atoms with Gasteiger partial charge < -0.3 is 5.32 Å². The van der Waals surface area contributed by atoms with Crippen LogP contribution in [0.3, 0.4) is 0 Å². The maximum absolute atomic E-state index is 11.8. The van der Waals surface area contributed by atoms with Crippen LogP contribution in [0.4, 0.5) is 5.69 Å². The highest BCUT2D eigenvalue weighted by Crippen LogP contribution is 2.21. The zero-order chi connectivity index (χ0) is 15.6. The molecule has 0 radical (unpaired) electrons. The van der Waals surface area contributed by atoms with Crippen LogP contribution in [-0.2, 0) is 23.6 Å². The van der Waals surface area contributed by atoms with Gasteiger partial charge in [-0.05, 0) is 38.6 Å². The Labute approximate surface area is 125 Å². The molecule has 1 heterocycles. The van der Waals surface area contributed by atoms with E-state index in [1.165, 1.54) is 7.05 Å². The average molecular weight is 308 g/mol. The Balaban J connectivity index is 2.24. The molecule has 2 aromatic rings. The number of rotatable bonds is 5. The van der Waals surface area contributed by atoms with Gasteiger partial charge in [0.05, 0.1) is 10.6 Å². The van der Waals surface area contributed by atoms with E-state index >= 15 is 0 Å². The van der Waals surface area contributed by atoms with Crippen molar-refractivity contribution < 1.29 is 8.42 Å². The summed E-state index contributed by atoms with van der Waals surface area (Å²) in [6.45, 7) is 4.49. The molecule has 0 aliphatic carbocycles. The Morgan fingerprint density at radius 1 is 1.29 bits per heavy atom. The molecule has 7 heteroatoms. The molecule has 0 unspecified atom stereocenters. The van der Waals surface area contributed by atoms with Gasteiger partial charge in [0.1, 0.15) is 0 Å². The highest BCUT2D eigenvalue weighted by atomic mass is 32.2. The summed E-state index contributed by atoms with van der Waals surface area (Å²) in [6, 6.07) is 5.04. The molecule has 0 aliphatic rings. The lowest BCUT2D eigenvalue weighted by Crippen LogP contribution is -2.18. The Bertz CT molecular complexity index is 750. The monoisotopic (exact) mass is 308 g/mol. The SMILES string of the molecule is CNS(=O)(=O)c1ccc(C)c(NCc2cn(C)nc2C)c1. The molecular formula is C14H20N4O2S. The van der Waals surface area contributed by atoms with Gasteiger partial charge in [-0.15, -0.1) is 0 Å². The molecule has 0 bridgehead atoms. The lowest BCUT2D eigenvalue weighted by Gasteiger charge is -2.11. The smallest absolute Gasteiger partial charge is 0.240 e. The first-order chi connectivity index (χ1) is 9.83. The summed E-state index contributed by atoms with van der Waals surface area (Å²) in [6.07, 6.45) is 1.95. The number of sulfonamides is 1. The highest BCUT2D eigenvalue weighted by Gasteiger charge is 2.13. The maximum Gasteiger partial charge on any atom is 0.240 e. The number of nitrogens with zero attached hydrogens (tertiary/aromatic N) is 2. The van der Waals surface area contributed by atoms with Gasteiger partial charge in [-0.25, -0.2) is 13.1 Å². The number of anilines is 1. The molecule has 114 valence electrons. The van der Waals surface area contributed by atoms with Gasteiger partial charge in [-0.3, -0.25) is 4.68 Å². The molecule has 1 aromatic carbocycles. The standard InChI is InChI=1S/C14H20N4O2S/c1-10-5-6-13(21(19,20)15-3)7-14(10)16-8-12-9-18(4)17-11(12)2/h5-7,9,15-16H,8H2,1-4H3. The minimum absolute atomic E-state index is 0.251. The Morgan fingerprint density at radius 3 is 2.57 bits per heavy atom. The molecule has 0 atom stereocenters. The topological polar surface area (TPSA) is 76.0 Å². The van der Waals surface area contributed by atoms with Gasteiger partial charge >= 0.3 is 0 Å². The highest BCUT2D eigenvalue weighted by molar-refractivity contribution is 7.89.